The highest BCUT2D eigenvalue weighted by atomic mass is 16.5. The van der Waals surface area contributed by atoms with E-state index < -0.39 is 11.9 Å². The van der Waals surface area contributed by atoms with Gasteiger partial charge in [-0.2, -0.15) is 0 Å². The largest absolute Gasteiger partial charge is 0.478 e. The van der Waals surface area contributed by atoms with E-state index in [1.807, 2.05) is 50.4 Å². The van der Waals surface area contributed by atoms with Crippen molar-refractivity contribution >= 4 is 22.8 Å². The number of fused-ring (bicyclic) bond motifs is 1. The predicted molar refractivity (Wildman–Crippen MR) is 104 cm³/mol. The normalized spacial score (nSPS) is 11.9. The molecule has 0 saturated heterocycles. The number of rotatable bonds is 8. The molecule has 2 rings (SSSR count). The molecule has 0 saturated carbocycles. The number of ether oxygens (including phenoxy) is 1. The number of pyridine rings is 1. The molecule has 0 aliphatic carbocycles. The molecular formula is C20H24N2O5. The summed E-state index contributed by atoms with van der Waals surface area (Å²) in [5, 5.41) is 19.9. The van der Waals surface area contributed by atoms with Crippen LogP contribution in [0.4, 0.5) is 0 Å². The molecule has 0 aliphatic rings. The molecule has 7 nitrogen and oxygen atoms in total. The average Bonchev–Trinajstić information content (AvgIpc) is 2.65. The van der Waals surface area contributed by atoms with Crippen molar-refractivity contribution in [2.45, 2.75) is 19.4 Å². The highest BCUT2D eigenvalue weighted by molar-refractivity contribution is 5.89. The van der Waals surface area contributed by atoms with Gasteiger partial charge >= 0.3 is 11.9 Å². The fourth-order valence-corrected chi connectivity index (χ4v) is 2.11. The first-order valence-electron chi connectivity index (χ1n) is 8.40. The monoisotopic (exact) mass is 372 g/mol. The van der Waals surface area contributed by atoms with E-state index in [4.69, 9.17) is 14.9 Å². The van der Waals surface area contributed by atoms with E-state index in [1.165, 1.54) is 0 Å². The lowest BCUT2D eigenvalue weighted by Gasteiger charge is -2.15. The van der Waals surface area contributed by atoms with Gasteiger partial charge in [-0.05, 0) is 38.7 Å². The van der Waals surface area contributed by atoms with Crippen LogP contribution < -0.4 is 10.1 Å². The molecule has 0 aliphatic heterocycles. The van der Waals surface area contributed by atoms with Crippen molar-refractivity contribution in [2.75, 3.05) is 13.6 Å². The van der Waals surface area contributed by atoms with Gasteiger partial charge in [-0.3, -0.25) is 0 Å². The summed E-state index contributed by atoms with van der Waals surface area (Å²) in [5.74, 6) is -1.84. The van der Waals surface area contributed by atoms with Gasteiger partial charge in [-0.15, -0.1) is 0 Å². The summed E-state index contributed by atoms with van der Waals surface area (Å²) < 4.78 is 5.93. The van der Waals surface area contributed by atoms with Gasteiger partial charge in [-0.25, -0.2) is 14.6 Å². The molecule has 0 spiro atoms. The smallest absolute Gasteiger partial charge is 0.328 e. The standard InChI is InChI=1S/C16H20N2O.C4H4O4/c1-3-6-14(11-12-17-2)19-16-10-9-13-7-4-5-8-15(13)18-16;5-3(6)1-2-4(7)8/h3-10,14,17H,11-12H2,1-2H3;1-2H,(H,5,6)(H,7,8)/b6-3+;2-1+. The molecule has 2 aromatic rings. The second-order valence-electron chi connectivity index (χ2n) is 5.43. The first kappa shape index (κ1) is 21.9. The predicted octanol–water partition coefficient (Wildman–Crippen LogP) is 2.88. The van der Waals surface area contributed by atoms with Crippen LogP contribution in [0.15, 0.2) is 60.7 Å². The van der Waals surface area contributed by atoms with E-state index in [1.54, 1.807) is 0 Å². The quantitative estimate of drug-likeness (QED) is 0.483. The molecule has 3 N–H and O–H groups in total. The maximum atomic E-state index is 9.55. The van der Waals surface area contributed by atoms with Crippen molar-refractivity contribution in [3.8, 4) is 5.88 Å². The van der Waals surface area contributed by atoms with Gasteiger partial charge in [0.15, 0.2) is 0 Å². The third-order valence-corrected chi connectivity index (χ3v) is 3.30. The number of carboxylic acids is 2. The van der Waals surface area contributed by atoms with E-state index in [2.05, 4.69) is 22.4 Å². The molecule has 1 aromatic heterocycles. The minimum Gasteiger partial charge on any atom is -0.478 e. The number of para-hydroxylation sites is 1. The number of hydrogen-bond donors (Lipinski definition) is 3. The molecule has 1 heterocycles. The van der Waals surface area contributed by atoms with E-state index in [-0.39, 0.29) is 6.10 Å². The third kappa shape index (κ3) is 9.18. The van der Waals surface area contributed by atoms with Gasteiger partial charge in [0.1, 0.15) is 6.10 Å². The first-order valence-corrected chi connectivity index (χ1v) is 8.40. The molecule has 1 unspecified atom stereocenters. The van der Waals surface area contributed by atoms with Crippen LogP contribution >= 0.6 is 0 Å². The fraction of sp³-hybridized carbons (Fsp3) is 0.250. The number of benzene rings is 1. The van der Waals surface area contributed by atoms with Crippen molar-refractivity contribution in [1.82, 2.24) is 10.3 Å². The second-order valence-corrected chi connectivity index (χ2v) is 5.43. The molecule has 0 fully saturated rings. The Kier molecular flexibility index (Phi) is 9.88. The summed E-state index contributed by atoms with van der Waals surface area (Å²) >= 11 is 0. The topological polar surface area (TPSA) is 109 Å². The fourth-order valence-electron chi connectivity index (χ4n) is 2.11. The Morgan fingerprint density at radius 1 is 1.15 bits per heavy atom. The van der Waals surface area contributed by atoms with Crippen LogP contribution in [0.1, 0.15) is 13.3 Å². The zero-order valence-electron chi connectivity index (χ0n) is 15.3. The van der Waals surface area contributed by atoms with Gasteiger partial charge in [-0.1, -0.05) is 24.3 Å². The molecule has 0 radical (unpaired) electrons. The maximum absolute atomic E-state index is 9.55. The summed E-state index contributed by atoms with van der Waals surface area (Å²) in [6.07, 6.45) is 6.18. The van der Waals surface area contributed by atoms with Crippen molar-refractivity contribution in [3.05, 3.63) is 60.7 Å². The molecular weight excluding hydrogens is 348 g/mol. The van der Waals surface area contributed by atoms with Crippen LogP contribution in [0.25, 0.3) is 10.9 Å². The SMILES string of the molecule is C/C=C/C(CCNC)Oc1ccc2ccccc2n1.O=C(O)/C=C/C(=O)O. The summed E-state index contributed by atoms with van der Waals surface area (Å²) in [5.41, 5.74) is 0.966. The van der Waals surface area contributed by atoms with Crippen LogP contribution in [-0.2, 0) is 9.59 Å². The van der Waals surface area contributed by atoms with Crippen molar-refractivity contribution < 1.29 is 24.5 Å². The minimum absolute atomic E-state index is 0.0612. The van der Waals surface area contributed by atoms with Crippen LogP contribution in [0.3, 0.4) is 0 Å². The van der Waals surface area contributed by atoms with Crippen LogP contribution in [0, 0.1) is 0 Å². The van der Waals surface area contributed by atoms with Gasteiger partial charge in [0, 0.05) is 30.0 Å². The highest BCUT2D eigenvalue weighted by Crippen LogP contribution is 2.17. The Labute approximate surface area is 158 Å². The number of nitrogens with one attached hydrogen (secondary N) is 1. The number of aromatic nitrogens is 1. The second kappa shape index (κ2) is 12.2. The van der Waals surface area contributed by atoms with Gasteiger partial charge in [0.05, 0.1) is 5.52 Å². The minimum atomic E-state index is -1.26. The summed E-state index contributed by atoms with van der Waals surface area (Å²) in [7, 11) is 1.95. The van der Waals surface area contributed by atoms with Gasteiger partial charge in [0.2, 0.25) is 5.88 Å². The zero-order chi connectivity index (χ0) is 20.1. The Balaban J connectivity index is 0.000000387. The lowest BCUT2D eigenvalue weighted by Crippen LogP contribution is -2.20. The van der Waals surface area contributed by atoms with E-state index in [9.17, 15) is 9.59 Å². The summed E-state index contributed by atoms with van der Waals surface area (Å²) in [6, 6.07) is 12.0. The Hall–Kier alpha value is -3.19. The van der Waals surface area contributed by atoms with Gasteiger partial charge < -0.3 is 20.3 Å². The number of aliphatic carboxylic acids is 2. The van der Waals surface area contributed by atoms with Crippen molar-refractivity contribution in [1.29, 1.82) is 0 Å². The molecule has 7 heteroatoms. The Morgan fingerprint density at radius 3 is 2.41 bits per heavy atom. The molecule has 27 heavy (non-hydrogen) atoms. The van der Waals surface area contributed by atoms with E-state index >= 15 is 0 Å². The van der Waals surface area contributed by atoms with Crippen molar-refractivity contribution in [3.63, 3.8) is 0 Å². The molecule has 0 bridgehead atoms. The Bertz CT molecular complexity index is 786. The number of hydrogen-bond acceptors (Lipinski definition) is 5. The van der Waals surface area contributed by atoms with E-state index in [0.717, 1.165) is 23.9 Å². The van der Waals surface area contributed by atoms with Gasteiger partial charge in [0.25, 0.3) is 0 Å². The number of carbonyl (C=O) groups is 2. The maximum Gasteiger partial charge on any atom is 0.328 e. The third-order valence-electron chi connectivity index (χ3n) is 3.30. The van der Waals surface area contributed by atoms with Crippen LogP contribution in [0.5, 0.6) is 5.88 Å². The number of carboxylic acid groups (broad SMARTS) is 2. The highest BCUT2D eigenvalue weighted by Gasteiger charge is 2.07. The lowest BCUT2D eigenvalue weighted by atomic mass is 10.2. The van der Waals surface area contributed by atoms with Crippen molar-refractivity contribution in [2.24, 2.45) is 0 Å². The number of nitrogens with zero attached hydrogens (tertiary/aromatic N) is 1. The molecule has 1 aromatic carbocycles. The van der Waals surface area contributed by atoms with Crippen LogP contribution in [0.2, 0.25) is 0 Å². The van der Waals surface area contributed by atoms with E-state index in [0.29, 0.717) is 18.0 Å². The first-order chi connectivity index (χ1) is 13.0. The lowest BCUT2D eigenvalue weighted by molar-refractivity contribution is -0.134. The summed E-state index contributed by atoms with van der Waals surface area (Å²) in [4.78, 5) is 23.6. The van der Waals surface area contributed by atoms with Crippen LogP contribution in [-0.4, -0.2) is 46.8 Å². The summed E-state index contributed by atoms with van der Waals surface area (Å²) in [6.45, 7) is 2.92. The molecule has 1 atom stereocenters. The number of allylic oxidation sites excluding steroid dienone is 1. The zero-order valence-corrected chi connectivity index (χ0v) is 15.3. The Morgan fingerprint density at radius 2 is 1.81 bits per heavy atom. The molecule has 0 amide bonds. The average molecular weight is 372 g/mol. The molecule has 144 valence electrons.